The third-order valence-electron chi connectivity index (χ3n) is 4.16. The minimum atomic E-state index is -4.90. The van der Waals surface area contributed by atoms with Crippen LogP contribution in [0.3, 0.4) is 0 Å². The number of aliphatic carboxylic acids is 1. The second-order valence-electron chi connectivity index (χ2n) is 5.89. The van der Waals surface area contributed by atoms with E-state index in [4.69, 9.17) is 30.9 Å². The first-order valence-corrected chi connectivity index (χ1v) is 8.27. The summed E-state index contributed by atoms with van der Waals surface area (Å²) in [5.74, 6) is -0.998. The van der Waals surface area contributed by atoms with Crippen molar-refractivity contribution in [2.45, 2.75) is 12.3 Å². The highest BCUT2D eigenvalue weighted by Gasteiger charge is 2.48. The SMILES string of the molecule is COc1ccc(-c2cc(Cl)c3c(c2)C=C(C(=O)O)C(C(F)(F)F)O3)cc1OC. The fourth-order valence-corrected chi connectivity index (χ4v) is 3.14. The molecule has 148 valence electrons. The lowest BCUT2D eigenvalue weighted by Crippen LogP contribution is -2.40. The number of methoxy groups -OCH3 is 2. The molecule has 0 saturated carbocycles. The smallest absolute Gasteiger partial charge is 0.430 e. The van der Waals surface area contributed by atoms with Crippen molar-refractivity contribution in [1.29, 1.82) is 0 Å². The lowest BCUT2D eigenvalue weighted by atomic mass is 9.97. The second kappa shape index (κ2) is 7.27. The third kappa shape index (κ3) is 3.60. The van der Waals surface area contributed by atoms with Crippen LogP contribution < -0.4 is 14.2 Å². The van der Waals surface area contributed by atoms with E-state index in [1.165, 1.54) is 26.4 Å². The Labute approximate surface area is 162 Å². The number of halogens is 4. The number of alkyl halides is 3. The Bertz CT molecular complexity index is 969. The number of carboxylic acid groups (broad SMARTS) is 1. The van der Waals surface area contributed by atoms with Gasteiger partial charge >= 0.3 is 12.1 Å². The Morgan fingerprint density at radius 2 is 1.79 bits per heavy atom. The summed E-state index contributed by atoms with van der Waals surface area (Å²) in [4.78, 5) is 11.3. The zero-order chi connectivity index (χ0) is 20.6. The number of carbonyl (C=O) groups is 1. The minimum absolute atomic E-state index is 0.0720. The number of ether oxygens (including phenoxy) is 3. The highest BCUT2D eigenvalue weighted by atomic mass is 35.5. The van der Waals surface area contributed by atoms with Crippen molar-refractivity contribution >= 4 is 23.6 Å². The van der Waals surface area contributed by atoms with Gasteiger partial charge in [0.05, 0.1) is 24.8 Å². The molecule has 9 heteroatoms. The number of fused-ring (bicyclic) bond motifs is 1. The van der Waals surface area contributed by atoms with Crippen LogP contribution in [0.1, 0.15) is 5.56 Å². The number of hydrogen-bond donors (Lipinski definition) is 1. The van der Waals surface area contributed by atoms with Crippen molar-refractivity contribution in [2.75, 3.05) is 14.2 Å². The second-order valence-corrected chi connectivity index (χ2v) is 6.30. The number of benzene rings is 2. The van der Waals surface area contributed by atoms with Crippen LogP contribution in [0.25, 0.3) is 17.2 Å². The Morgan fingerprint density at radius 3 is 2.36 bits per heavy atom. The zero-order valence-electron chi connectivity index (χ0n) is 14.6. The first kappa shape index (κ1) is 19.9. The average Bonchev–Trinajstić information content (AvgIpc) is 2.65. The summed E-state index contributed by atoms with van der Waals surface area (Å²) in [6.45, 7) is 0. The summed E-state index contributed by atoms with van der Waals surface area (Å²) in [6.07, 6.45) is -6.56. The quantitative estimate of drug-likeness (QED) is 0.777. The molecule has 0 radical (unpaired) electrons. The van der Waals surface area contributed by atoms with Crippen LogP contribution in [0, 0.1) is 0 Å². The largest absolute Gasteiger partial charge is 0.493 e. The van der Waals surface area contributed by atoms with Gasteiger partial charge in [0, 0.05) is 5.56 Å². The molecule has 3 rings (SSSR count). The maximum atomic E-state index is 13.2. The molecule has 2 aromatic carbocycles. The predicted molar refractivity (Wildman–Crippen MR) is 96.1 cm³/mol. The van der Waals surface area contributed by atoms with E-state index in [0.29, 0.717) is 22.6 Å². The fraction of sp³-hybridized carbons (Fsp3) is 0.211. The van der Waals surface area contributed by atoms with E-state index in [0.717, 1.165) is 6.08 Å². The molecule has 1 N–H and O–H groups in total. The standard InChI is InChI=1S/C19H14ClF3O5/c1-26-14-4-3-9(8-15(14)27-2)10-5-11-6-12(18(24)25)17(19(21,22)23)28-16(11)13(20)7-10/h3-8,17H,1-2H3,(H,24,25). The van der Waals surface area contributed by atoms with Crippen molar-refractivity contribution < 1.29 is 37.3 Å². The molecule has 28 heavy (non-hydrogen) atoms. The van der Waals surface area contributed by atoms with Gasteiger partial charge in [-0.3, -0.25) is 0 Å². The molecule has 0 fully saturated rings. The Morgan fingerprint density at radius 1 is 1.11 bits per heavy atom. The van der Waals surface area contributed by atoms with E-state index in [9.17, 15) is 18.0 Å². The van der Waals surface area contributed by atoms with Gasteiger partial charge in [-0.05, 0) is 41.5 Å². The van der Waals surface area contributed by atoms with Crippen LogP contribution in [0.15, 0.2) is 35.9 Å². The van der Waals surface area contributed by atoms with Crippen molar-refractivity contribution in [3.8, 4) is 28.4 Å². The molecular weight excluding hydrogens is 401 g/mol. The van der Waals surface area contributed by atoms with Crippen LogP contribution in [-0.2, 0) is 4.79 Å². The minimum Gasteiger partial charge on any atom is -0.493 e. The summed E-state index contributed by atoms with van der Waals surface area (Å²) in [6, 6.07) is 7.98. The Hall–Kier alpha value is -2.87. The summed E-state index contributed by atoms with van der Waals surface area (Å²) in [5.41, 5.74) is 0.404. The summed E-state index contributed by atoms with van der Waals surface area (Å²) < 4.78 is 54.9. The Balaban J connectivity index is 2.13. The molecule has 1 aliphatic rings. The molecule has 0 aliphatic carbocycles. The van der Waals surface area contributed by atoms with Gasteiger partial charge in [0.15, 0.2) is 11.5 Å². The summed E-state index contributed by atoms with van der Waals surface area (Å²) >= 11 is 6.15. The maximum absolute atomic E-state index is 13.2. The molecular formula is C19H14ClF3O5. The van der Waals surface area contributed by atoms with E-state index in [1.807, 2.05) is 0 Å². The topological polar surface area (TPSA) is 65.0 Å². The fourth-order valence-electron chi connectivity index (χ4n) is 2.87. The number of carboxylic acids is 1. The van der Waals surface area contributed by atoms with Crippen LogP contribution in [-0.4, -0.2) is 37.6 Å². The molecule has 1 unspecified atom stereocenters. The van der Waals surface area contributed by atoms with Gasteiger partial charge in [0.1, 0.15) is 5.75 Å². The van der Waals surface area contributed by atoms with E-state index in [1.54, 1.807) is 18.2 Å². The molecule has 0 aromatic heterocycles. The van der Waals surface area contributed by atoms with Crippen molar-refractivity contribution in [2.24, 2.45) is 0 Å². The van der Waals surface area contributed by atoms with Gasteiger partial charge in [-0.25, -0.2) is 4.79 Å². The molecule has 1 aliphatic heterocycles. The molecule has 5 nitrogen and oxygen atoms in total. The van der Waals surface area contributed by atoms with Crippen molar-refractivity contribution in [1.82, 2.24) is 0 Å². The first-order valence-electron chi connectivity index (χ1n) is 7.90. The number of hydrogen-bond acceptors (Lipinski definition) is 4. The van der Waals surface area contributed by atoms with Gasteiger partial charge in [0.25, 0.3) is 0 Å². The molecule has 0 amide bonds. The predicted octanol–water partition coefficient (Wildman–Crippen LogP) is 4.82. The molecule has 1 heterocycles. The van der Waals surface area contributed by atoms with E-state index < -0.39 is 23.8 Å². The highest BCUT2D eigenvalue weighted by molar-refractivity contribution is 6.32. The molecule has 0 saturated heterocycles. The molecule has 1 atom stereocenters. The third-order valence-corrected chi connectivity index (χ3v) is 4.44. The van der Waals surface area contributed by atoms with Crippen molar-refractivity contribution in [3.05, 3.63) is 46.5 Å². The lowest BCUT2D eigenvalue weighted by molar-refractivity contribution is -0.187. The van der Waals surface area contributed by atoms with Gasteiger partial charge in [0.2, 0.25) is 6.10 Å². The van der Waals surface area contributed by atoms with E-state index in [2.05, 4.69) is 0 Å². The maximum Gasteiger partial charge on any atom is 0.430 e. The van der Waals surface area contributed by atoms with Crippen LogP contribution in [0.2, 0.25) is 5.02 Å². The number of rotatable bonds is 4. The monoisotopic (exact) mass is 414 g/mol. The normalized spacial score (nSPS) is 15.9. The average molecular weight is 415 g/mol. The van der Waals surface area contributed by atoms with Crippen LogP contribution in [0.5, 0.6) is 17.2 Å². The van der Waals surface area contributed by atoms with E-state index >= 15 is 0 Å². The summed E-state index contributed by atoms with van der Waals surface area (Å²) in [5, 5.41) is 9.10. The molecule has 0 spiro atoms. The van der Waals surface area contributed by atoms with Gasteiger partial charge in [-0.15, -0.1) is 0 Å². The van der Waals surface area contributed by atoms with Crippen LogP contribution in [0.4, 0.5) is 13.2 Å². The summed E-state index contributed by atoms with van der Waals surface area (Å²) in [7, 11) is 2.95. The zero-order valence-corrected chi connectivity index (χ0v) is 15.4. The van der Waals surface area contributed by atoms with Gasteiger partial charge in [-0.2, -0.15) is 13.2 Å². The Kier molecular flexibility index (Phi) is 5.16. The molecule has 0 bridgehead atoms. The lowest BCUT2D eigenvalue weighted by Gasteiger charge is -2.28. The van der Waals surface area contributed by atoms with E-state index in [-0.39, 0.29) is 16.3 Å². The van der Waals surface area contributed by atoms with Crippen molar-refractivity contribution in [3.63, 3.8) is 0 Å². The first-order chi connectivity index (χ1) is 13.2. The van der Waals surface area contributed by atoms with Gasteiger partial charge < -0.3 is 19.3 Å². The van der Waals surface area contributed by atoms with Gasteiger partial charge in [-0.1, -0.05) is 17.7 Å². The molecule has 2 aromatic rings. The highest BCUT2D eigenvalue weighted by Crippen LogP contribution is 2.43. The van der Waals surface area contributed by atoms with Crippen LogP contribution >= 0.6 is 11.6 Å².